The summed E-state index contributed by atoms with van der Waals surface area (Å²) < 4.78 is 11.3. The van der Waals surface area contributed by atoms with E-state index >= 15 is 0 Å². The fourth-order valence-corrected chi connectivity index (χ4v) is 2.60. The Labute approximate surface area is 119 Å². The van der Waals surface area contributed by atoms with Crippen molar-refractivity contribution >= 4 is 15.8 Å². The van der Waals surface area contributed by atoms with E-state index in [2.05, 4.69) is 31.7 Å². The fraction of sp³-hybridized carbons (Fsp3) is 0.500. The van der Waals surface area contributed by atoms with Gasteiger partial charge in [-0.25, -0.2) is 0 Å². The summed E-state index contributed by atoms with van der Waals surface area (Å²) in [6.45, 7) is 10.4. The molecule has 1 aromatic carbocycles. The average Bonchev–Trinajstić information content (AvgIpc) is 2.47. The maximum atomic E-state index is 5.80. The smallest absolute Gasteiger partial charge is 0.235 e. The van der Waals surface area contributed by atoms with E-state index in [1.165, 1.54) is 11.1 Å². The molecule has 19 heavy (non-hydrogen) atoms. The first kappa shape index (κ1) is 16.2. The second-order valence-corrected chi connectivity index (χ2v) is 5.72. The van der Waals surface area contributed by atoms with Crippen molar-refractivity contribution in [3.63, 3.8) is 0 Å². The molecule has 104 valence electrons. The lowest BCUT2D eigenvalue weighted by atomic mass is 10.1. The highest BCUT2D eigenvalue weighted by atomic mass is 28.2. The lowest BCUT2D eigenvalue weighted by Crippen LogP contribution is -2.15. The van der Waals surface area contributed by atoms with Gasteiger partial charge in [0.25, 0.3) is 0 Å². The van der Waals surface area contributed by atoms with E-state index in [-0.39, 0.29) is 0 Å². The molecule has 2 nitrogen and oxygen atoms in total. The standard InChI is InChI=1S/C16H24O2Si/c1-4-14-9-7-8-10-15(14)11-12-18-19-16(5-2)13-17-6-3/h4,7-10,16H,1,5-6,11-13H2,2-3H3. The first-order valence-corrected chi connectivity index (χ1v) is 7.95. The molecule has 1 rings (SSSR count). The van der Waals surface area contributed by atoms with Gasteiger partial charge in [0.15, 0.2) is 0 Å². The van der Waals surface area contributed by atoms with Gasteiger partial charge in [0.2, 0.25) is 9.76 Å². The van der Waals surface area contributed by atoms with Crippen LogP contribution in [0.15, 0.2) is 30.8 Å². The highest BCUT2D eigenvalue weighted by Gasteiger charge is 2.09. The van der Waals surface area contributed by atoms with Crippen molar-refractivity contribution in [2.75, 3.05) is 19.8 Å². The highest BCUT2D eigenvalue weighted by Crippen LogP contribution is 2.12. The summed E-state index contributed by atoms with van der Waals surface area (Å²) in [5.41, 5.74) is 3.05. The number of hydrogen-bond acceptors (Lipinski definition) is 2. The van der Waals surface area contributed by atoms with Crippen LogP contribution in [-0.4, -0.2) is 29.6 Å². The Morgan fingerprint density at radius 3 is 2.79 bits per heavy atom. The van der Waals surface area contributed by atoms with Crippen molar-refractivity contribution in [3.05, 3.63) is 42.0 Å². The number of ether oxygens (including phenoxy) is 1. The van der Waals surface area contributed by atoms with Gasteiger partial charge in [-0.3, -0.25) is 0 Å². The number of hydrogen-bond donors (Lipinski definition) is 0. The molecule has 0 spiro atoms. The molecular weight excluding hydrogens is 252 g/mol. The van der Waals surface area contributed by atoms with Crippen LogP contribution in [0.3, 0.4) is 0 Å². The first-order chi connectivity index (χ1) is 9.31. The van der Waals surface area contributed by atoms with Gasteiger partial charge in [-0.05, 0) is 24.5 Å². The third-order valence-corrected chi connectivity index (χ3v) is 4.29. The van der Waals surface area contributed by atoms with Gasteiger partial charge in [-0.2, -0.15) is 0 Å². The maximum Gasteiger partial charge on any atom is 0.235 e. The molecule has 3 heteroatoms. The molecule has 1 aromatic rings. The summed E-state index contributed by atoms with van der Waals surface area (Å²) in [5.74, 6) is 0. The molecule has 2 radical (unpaired) electrons. The lowest BCUT2D eigenvalue weighted by molar-refractivity contribution is 0.140. The monoisotopic (exact) mass is 276 g/mol. The van der Waals surface area contributed by atoms with Crippen molar-refractivity contribution in [2.45, 2.75) is 32.2 Å². The average molecular weight is 276 g/mol. The molecule has 1 unspecified atom stereocenters. The van der Waals surface area contributed by atoms with Gasteiger partial charge >= 0.3 is 0 Å². The summed E-state index contributed by atoms with van der Waals surface area (Å²) in [6, 6.07) is 8.34. The molecule has 0 aliphatic heterocycles. The zero-order valence-corrected chi connectivity index (χ0v) is 13.0. The van der Waals surface area contributed by atoms with Crippen LogP contribution in [0.1, 0.15) is 31.4 Å². The molecule has 0 amide bonds. The topological polar surface area (TPSA) is 18.5 Å². The Hall–Kier alpha value is -0.903. The Morgan fingerprint density at radius 2 is 2.11 bits per heavy atom. The van der Waals surface area contributed by atoms with Gasteiger partial charge in [-0.15, -0.1) is 0 Å². The Bertz CT molecular complexity index is 366. The molecule has 0 heterocycles. The van der Waals surface area contributed by atoms with E-state index in [4.69, 9.17) is 9.16 Å². The van der Waals surface area contributed by atoms with Crippen molar-refractivity contribution in [2.24, 2.45) is 0 Å². The maximum absolute atomic E-state index is 5.80. The van der Waals surface area contributed by atoms with Crippen LogP contribution in [0.4, 0.5) is 0 Å². The second-order valence-electron chi connectivity index (χ2n) is 4.38. The molecule has 0 aliphatic rings. The molecule has 1 atom stereocenters. The molecule has 0 aromatic heterocycles. The highest BCUT2D eigenvalue weighted by molar-refractivity contribution is 6.29. The van der Waals surface area contributed by atoms with Crippen LogP contribution in [0, 0.1) is 0 Å². The predicted molar refractivity (Wildman–Crippen MR) is 82.5 cm³/mol. The van der Waals surface area contributed by atoms with Crippen LogP contribution < -0.4 is 0 Å². The predicted octanol–water partition coefficient (Wildman–Crippen LogP) is 3.74. The Kier molecular flexibility index (Phi) is 8.46. The Morgan fingerprint density at radius 1 is 1.32 bits per heavy atom. The number of benzene rings is 1. The normalized spacial score (nSPS) is 12.3. The van der Waals surface area contributed by atoms with Gasteiger partial charge < -0.3 is 9.16 Å². The van der Waals surface area contributed by atoms with E-state index in [1.54, 1.807) is 0 Å². The van der Waals surface area contributed by atoms with Gasteiger partial charge in [0, 0.05) is 25.4 Å². The first-order valence-electron chi connectivity index (χ1n) is 6.97. The van der Waals surface area contributed by atoms with Crippen molar-refractivity contribution in [1.82, 2.24) is 0 Å². The zero-order valence-electron chi connectivity index (χ0n) is 12.0. The van der Waals surface area contributed by atoms with Crippen molar-refractivity contribution in [3.8, 4) is 0 Å². The molecular formula is C16H24O2Si. The third kappa shape index (κ3) is 6.19. The Balaban J connectivity index is 2.27. The van der Waals surface area contributed by atoms with Gasteiger partial charge in [-0.1, -0.05) is 50.3 Å². The molecule has 0 saturated carbocycles. The fourth-order valence-electron chi connectivity index (χ4n) is 1.79. The quantitative estimate of drug-likeness (QED) is 0.479. The summed E-state index contributed by atoms with van der Waals surface area (Å²) >= 11 is 0. The van der Waals surface area contributed by atoms with Crippen LogP contribution in [-0.2, 0) is 15.6 Å². The minimum absolute atomic E-state index is 0.532. The number of rotatable bonds is 10. The van der Waals surface area contributed by atoms with Crippen LogP contribution >= 0.6 is 0 Å². The van der Waals surface area contributed by atoms with E-state index in [0.717, 1.165) is 32.7 Å². The second kappa shape index (κ2) is 9.95. The van der Waals surface area contributed by atoms with Crippen molar-refractivity contribution < 1.29 is 9.16 Å². The third-order valence-electron chi connectivity index (χ3n) is 3.01. The lowest BCUT2D eigenvalue weighted by Gasteiger charge is -2.13. The van der Waals surface area contributed by atoms with Crippen LogP contribution in [0.5, 0.6) is 0 Å². The van der Waals surface area contributed by atoms with Crippen LogP contribution in [0.2, 0.25) is 5.54 Å². The minimum Gasteiger partial charge on any atom is -0.417 e. The SMILES string of the molecule is C=Cc1ccccc1CCO[Si]C(CC)COCC. The molecule has 0 bridgehead atoms. The van der Waals surface area contributed by atoms with E-state index < -0.39 is 0 Å². The van der Waals surface area contributed by atoms with E-state index in [9.17, 15) is 0 Å². The largest absolute Gasteiger partial charge is 0.417 e. The van der Waals surface area contributed by atoms with E-state index in [1.807, 2.05) is 19.1 Å². The van der Waals surface area contributed by atoms with Crippen LogP contribution in [0.25, 0.3) is 6.08 Å². The molecule has 0 saturated heterocycles. The molecule has 0 fully saturated rings. The summed E-state index contributed by atoms with van der Waals surface area (Å²) in [7, 11) is 0.532. The molecule has 0 N–H and O–H groups in total. The van der Waals surface area contributed by atoms with Gasteiger partial charge in [0.05, 0.1) is 0 Å². The summed E-state index contributed by atoms with van der Waals surface area (Å²) in [5, 5.41) is 0. The molecule has 0 aliphatic carbocycles. The van der Waals surface area contributed by atoms with E-state index in [0.29, 0.717) is 15.3 Å². The van der Waals surface area contributed by atoms with Gasteiger partial charge in [0.1, 0.15) is 0 Å². The zero-order chi connectivity index (χ0) is 13.9. The summed E-state index contributed by atoms with van der Waals surface area (Å²) in [6.07, 6.45) is 3.96. The minimum atomic E-state index is 0.532. The van der Waals surface area contributed by atoms with Crippen molar-refractivity contribution in [1.29, 1.82) is 0 Å². The summed E-state index contributed by atoms with van der Waals surface area (Å²) in [4.78, 5) is 0.